The predicted molar refractivity (Wildman–Crippen MR) is 122 cm³/mol. The zero-order valence-electron chi connectivity index (χ0n) is 16.9. The Morgan fingerprint density at radius 3 is 1.77 bits per heavy atom. The molecule has 0 aliphatic rings. The van der Waals surface area contributed by atoms with Crippen LogP contribution in [0.1, 0.15) is 34.9 Å². The van der Waals surface area contributed by atoms with Crippen molar-refractivity contribution in [2.24, 2.45) is 5.41 Å². The molecule has 2 unspecified atom stereocenters. The Kier molecular flexibility index (Phi) is 6.99. The maximum Gasteiger partial charge on any atom is 0.154 e. The van der Waals surface area contributed by atoms with Gasteiger partial charge in [-0.2, -0.15) is 10.5 Å². The van der Waals surface area contributed by atoms with Gasteiger partial charge in [-0.25, -0.2) is 0 Å². The Hall–Kier alpha value is -3.88. The first-order chi connectivity index (χ1) is 14.7. The Balaban J connectivity index is 2.07. The smallest absolute Gasteiger partial charge is 0.154 e. The number of allylic oxidation sites excluding steroid dienone is 2. The average Bonchev–Trinajstić information content (AvgIpc) is 2.83. The lowest BCUT2D eigenvalue weighted by atomic mass is 9.64. The molecule has 0 spiro atoms. The molecule has 0 amide bonds. The summed E-state index contributed by atoms with van der Waals surface area (Å²) in [5.41, 5.74) is 1.81. The standard InChI is InChI=1S/C28H24N2/c1-2-26(24-16-8-4-9-17-24)27(25-18-10-5-11-19-25)28(21-29,22-30)20-12-15-23-13-6-3-7-14-23/h2-19,26-27H,1,20H2/b15-12+. The third-order valence-corrected chi connectivity index (χ3v) is 5.44. The monoisotopic (exact) mass is 388 g/mol. The van der Waals surface area contributed by atoms with Crippen LogP contribution in [-0.4, -0.2) is 0 Å². The lowest BCUT2D eigenvalue weighted by molar-refractivity contribution is 0.385. The van der Waals surface area contributed by atoms with Crippen molar-refractivity contribution in [3.05, 3.63) is 126 Å². The quantitative estimate of drug-likeness (QED) is 0.395. The maximum atomic E-state index is 10.3. The van der Waals surface area contributed by atoms with Crippen molar-refractivity contribution in [2.75, 3.05) is 0 Å². The van der Waals surface area contributed by atoms with Crippen LogP contribution in [0.5, 0.6) is 0 Å². The van der Waals surface area contributed by atoms with E-state index < -0.39 is 5.41 Å². The van der Waals surface area contributed by atoms with Gasteiger partial charge < -0.3 is 0 Å². The number of hydrogen-bond acceptors (Lipinski definition) is 2. The van der Waals surface area contributed by atoms with Crippen molar-refractivity contribution in [2.45, 2.75) is 18.3 Å². The van der Waals surface area contributed by atoms with Gasteiger partial charge >= 0.3 is 0 Å². The fourth-order valence-electron chi connectivity index (χ4n) is 3.93. The van der Waals surface area contributed by atoms with Gasteiger partial charge in [-0.3, -0.25) is 0 Å². The molecule has 0 aromatic heterocycles. The highest BCUT2D eigenvalue weighted by atomic mass is 14.5. The van der Waals surface area contributed by atoms with Gasteiger partial charge in [0.1, 0.15) is 0 Å². The second kappa shape index (κ2) is 10.1. The van der Waals surface area contributed by atoms with Crippen LogP contribution in [0.4, 0.5) is 0 Å². The van der Waals surface area contributed by atoms with Gasteiger partial charge in [0.2, 0.25) is 0 Å². The van der Waals surface area contributed by atoms with Gasteiger partial charge in [-0.05, 0) is 23.1 Å². The topological polar surface area (TPSA) is 47.6 Å². The summed E-state index contributed by atoms with van der Waals surface area (Å²) in [7, 11) is 0. The second-order valence-corrected chi connectivity index (χ2v) is 7.27. The second-order valence-electron chi connectivity index (χ2n) is 7.27. The van der Waals surface area contributed by atoms with Gasteiger partial charge in [-0.15, -0.1) is 6.58 Å². The summed E-state index contributed by atoms with van der Waals surface area (Å²) in [4.78, 5) is 0. The first-order valence-electron chi connectivity index (χ1n) is 10.0. The number of benzene rings is 3. The minimum absolute atomic E-state index is 0.168. The summed E-state index contributed by atoms with van der Waals surface area (Å²) in [6.07, 6.45) is 6.09. The molecule has 30 heavy (non-hydrogen) atoms. The lowest BCUT2D eigenvalue weighted by Gasteiger charge is -2.34. The molecule has 0 aliphatic carbocycles. The third-order valence-electron chi connectivity index (χ3n) is 5.44. The normalized spacial score (nSPS) is 13.1. The molecule has 0 bridgehead atoms. The van der Waals surface area contributed by atoms with E-state index in [0.717, 1.165) is 16.7 Å². The van der Waals surface area contributed by atoms with Crippen LogP contribution in [0.25, 0.3) is 6.08 Å². The molecule has 2 nitrogen and oxygen atoms in total. The number of nitrogens with zero attached hydrogens (tertiary/aromatic N) is 2. The van der Waals surface area contributed by atoms with Crippen LogP contribution >= 0.6 is 0 Å². The minimum Gasteiger partial charge on any atom is -0.197 e. The van der Waals surface area contributed by atoms with Crippen molar-refractivity contribution < 1.29 is 0 Å². The average molecular weight is 389 g/mol. The van der Waals surface area contributed by atoms with Crippen molar-refractivity contribution in [3.63, 3.8) is 0 Å². The molecule has 0 aliphatic heterocycles. The summed E-state index contributed by atoms with van der Waals surface area (Å²) in [5, 5.41) is 20.5. The van der Waals surface area contributed by atoms with Crippen molar-refractivity contribution in [1.29, 1.82) is 10.5 Å². The van der Waals surface area contributed by atoms with Crippen molar-refractivity contribution in [1.82, 2.24) is 0 Å². The molecule has 0 heterocycles. The SMILES string of the molecule is C=CC(c1ccccc1)C(c1ccccc1)C(C#N)(C#N)C/C=C/c1ccccc1. The van der Waals surface area contributed by atoms with Crippen LogP contribution in [0.2, 0.25) is 0 Å². The van der Waals surface area contributed by atoms with Gasteiger partial charge in [-0.1, -0.05) is 109 Å². The first-order valence-corrected chi connectivity index (χ1v) is 10.0. The highest BCUT2D eigenvalue weighted by Gasteiger charge is 2.43. The van der Waals surface area contributed by atoms with E-state index in [4.69, 9.17) is 0 Å². The zero-order valence-corrected chi connectivity index (χ0v) is 16.9. The molecule has 0 N–H and O–H groups in total. The molecule has 146 valence electrons. The van der Waals surface area contributed by atoms with E-state index >= 15 is 0 Å². The Morgan fingerprint density at radius 1 is 0.767 bits per heavy atom. The molecule has 2 atom stereocenters. The molecular weight excluding hydrogens is 364 g/mol. The van der Waals surface area contributed by atoms with Crippen LogP contribution in [-0.2, 0) is 0 Å². The Labute approximate surface area is 179 Å². The van der Waals surface area contributed by atoms with Gasteiger partial charge in [0.05, 0.1) is 12.1 Å². The summed E-state index contributed by atoms with van der Waals surface area (Å²) in [6.45, 7) is 4.06. The minimum atomic E-state index is -1.23. The fraction of sp³-hybridized carbons (Fsp3) is 0.143. The lowest BCUT2D eigenvalue weighted by Crippen LogP contribution is -2.30. The highest BCUT2D eigenvalue weighted by Crippen LogP contribution is 2.48. The molecular formula is C28H24N2. The van der Waals surface area contributed by atoms with Gasteiger partial charge in [0, 0.05) is 11.8 Å². The zero-order chi connectivity index (χ0) is 21.2. The molecule has 3 aromatic rings. The van der Waals surface area contributed by atoms with E-state index in [-0.39, 0.29) is 11.8 Å². The highest BCUT2D eigenvalue weighted by molar-refractivity contribution is 5.50. The molecule has 3 rings (SSSR count). The van der Waals surface area contributed by atoms with E-state index in [2.05, 4.69) is 18.7 Å². The van der Waals surface area contributed by atoms with Crippen molar-refractivity contribution >= 4 is 6.08 Å². The molecule has 0 saturated carbocycles. The van der Waals surface area contributed by atoms with E-state index in [1.54, 1.807) is 0 Å². The van der Waals surface area contributed by atoms with Crippen LogP contribution < -0.4 is 0 Å². The molecule has 0 saturated heterocycles. The number of nitriles is 2. The summed E-state index contributed by atoms with van der Waals surface area (Å²) in [6, 6.07) is 34.5. The number of hydrogen-bond donors (Lipinski definition) is 0. The van der Waals surface area contributed by atoms with E-state index in [9.17, 15) is 10.5 Å². The number of rotatable bonds is 8. The Morgan fingerprint density at radius 2 is 1.27 bits per heavy atom. The van der Waals surface area contributed by atoms with Crippen LogP contribution in [0.15, 0.2) is 110 Å². The third kappa shape index (κ3) is 4.57. The summed E-state index contributed by atoms with van der Waals surface area (Å²) in [5.74, 6) is -0.521. The van der Waals surface area contributed by atoms with Crippen LogP contribution in [0, 0.1) is 28.1 Å². The maximum absolute atomic E-state index is 10.3. The largest absolute Gasteiger partial charge is 0.197 e. The summed E-state index contributed by atoms with van der Waals surface area (Å²) >= 11 is 0. The van der Waals surface area contributed by atoms with Crippen molar-refractivity contribution in [3.8, 4) is 12.1 Å². The van der Waals surface area contributed by atoms with Gasteiger partial charge in [0.15, 0.2) is 5.41 Å². The fourth-order valence-corrected chi connectivity index (χ4v) is 3.93. The van der Waals surface area contributed by atoms with E-state index in [1.165, 1.54) is 0 Å². The summed E-state index contributed by atoms with van der Waals surface area (Å²) < 4.78 is 0. The van der Waals surface area contributed by atoms with E-state index in [1.807, 2.05) is 109 Å². The van der Waals surface area contributed by atoms with Crippen LogP contribution in [0.3, 0.4) is 0 Å². The molecule has 0 radical (unpaired) electrons. The van der Waals surface area contributed by atoms with Gasteiger partial charge in [0.25, 0.3) is 0 Å². The van der Waals surface area contributed by atoms with E-state index in [0.29, 0.717) is 6.42 Å². The first kappa shape index (κ1) is 20.8. The predicted octanol–water partition coefficient (Wildman–Crippen LogP) is 6.88. The molecule has 3 aromatic carbocycles. The molecule has 0 fully saturated rings. The Bertz CT molecular complexity index is 1040. The molecule has 2 heteroatoms.